The van der Waals surface area contributed by atoms with Gasteiger partial charge in [0.2, 0.25) is 0 Å². The van der Waals surface area contributed by atoms with Crippen molar-refractivity contribution in [3.63, 3.8) is 0 Å². The normalized spacial score (nSPS) is 10.1. The van der Waals surface area contributed by atoms with Gasteiger partial charge in [-0.3, -0.25) is 4.79 Å². The van der Waals surface area contributed by atoms with Crippen molar-refractivity contribution < 1.29 is 9.53 Å². The number of nitrogens with two attached hydrogens (primary N) is 1. The molecular weight excluding hydrogens is 256 g/mol. The van der Waals surface area contributed by atoms with Gasteiger partial charge in [0, 0.05) is 18.8 Å². The van der Waals surface area contributed by atoms with Crippen molar-refractivity contribution in [2.75, 3.05) is 12.4 Å². The second-order valence-electron chi connectivity index (χ2n) is 4.21. The molecule has 20 heavy (non-hydrogen) atoms. The van der Waals surface area contributed by atoms with Gasteiger partial charge < -0.3 is 15.8 Å². The molecule has 2 aromatic rings. The molecule has 6 heteroatoms. The molecule has 0 saturated carbocycles. The van der Waals surface area contributed by atoms with Crippen LogP contribution in [-0.4, -0.2) is 22.9 Å². The van der Waals surface area contributed by atoms with E-state index in [0.717, 1.165) is 11.5 Å². The number of aromatic nitrogens is 2. The van der Waals surface area contributed by atoms with Gasteiger partial charge in [0.1, 0.15) is 18.2 Å². The van der Waals surface area contributed by atoms with Crippen molar-refractivity contribution in [3.05, 3.63) is 47.4 Å². The molecule has 6 nitrogen and oxygen atoms in total. The molecule has 0 fully saturated rings. The zero-order chi connectivity index (χ0) is 14.5. The topological polar surface area (TPSA) is 90.1 Å². The lowest BCUT2D eigenvalue weighted by atomic mass is 10.2. The van der Waals surface area contributed by atoms with Crippen molar-refractivity contribution in [1.29, 1.82) is 0 Å². The second kappa shape index (κ2) is 6.01. The van der Waals surface area contributed by atoms with E-state index < -0.39 is 5.91 Å². The molecule has 1 amide bonds. The fraction of sp³-hybridized carbons (Fsp3) is 0.214. The Balaban J connectivity index is 2.17. The quantitative estimate of drug-likeness (QED) is 0.861. The lowest BCUT2D eigenvalue weighted by Crippen LogP contribution is -2.13. The van der Waals surface area contributed by atoms with Crippen LogP contribution in [0.15, 0.2) is 30.3 Å². The Kier molecular flexibility index (Phi) is 4.14. The number of amides is 1. The van der Waals surface area contributed by atoms with Gasteiger partial charge in [-0.15, -0.1) is 0 Å². The number of primary amides is 1. The first kappa shape index (κ1) is 13.8. The van der Waals surface area contributed by atoms with Crippen LogP contribution in [0.2, 0.25) is 0 Å². The van der Waals surface area contributed by atoms with Gasteiger partial charge in [0.25, 0.3) is 5.91 Å². The predicted octanol–water partition coefficient (Wildman–Crippen LogP) is 1.50. The van der Waals surface area contributed by atoms with Crippen LogP contribution >= 0.6 is 0 Å². The number of nitrogens with zero attached hydrogens (tertiary/aromatic N) is 2. The van der Waals surface area contributed by atoms with Gasteiger partial charge in [0.15, 0.2) is 5.82 Å². The zero-order valence-corrected chi connectivity index (χ0v) is 11.4. The monoisotopic (exact) mass is 272 g/mol. The molecule has 1 aromatic heterocycles. The minimum atomic E-state index is -0.526. The number of benzene rings is 1. The predicted molar refractivity (Wildman–Crippen MR) is 75.6 cm³/mol. The first-order valence-corrected chi connectivity index (χ1v) is 6.14. The zero-order valence-electron chi connectivity index (χ0n) is 11.4. The Labute approximate surface area is 117 Å². The molecule has 0 bridgehead atoms. The number of hydrogen-bond acceptors (Lipinski definition) is 5. The van der Waals surface area contributed by atoms with Crippen LogP contribution in [0.5, 0.6) is 5.75 Å². The summed E-state index contributed by atoms with van der Waals surface area (Å²) >= 11 is 0. The van der Waals surface area contributed by atoms with E-state index in [9.17, 15) is 4.79 Å². The standard InChI is InChI=1S/C14H16N4O2/c1-9-7-12(16-2)18-13(17-9)8-20-11-6-4-3-5-10(11)14(15)19/h3-7H,8H2,1-2H3,(H2,15,19)(H,16,17,18). The molecular formula is C14H16N4O2. The van der Waals surface area contributed by atoms with Crippen molar-refractivity contribution >= 4 is 11.7 Å². The molecule has 0 aliphatic carbocycles. The van der Waals surface area contributed by atoms with E-state index >= 15 is 0 Å². The fourth-order valence-corrected chi connectivity index (χ4v) is 1.76. The summed E-state index contributed by atoms with van der Waals surface area (Å²) in [5.41, 5.74) is 6.47. The van der Waals surface area contributed by atoms with Crippen LogP contribution in [0, 0.1) is 6.92 Å². The van der Waals surface area contributed by atoms with E-state index in [4.69, 9.17) is 10.5 Å². The van der Waals surface area contributed by atoms with E-state index in [1.165, 1.54) is 0 Å². The second-order valence-corrected chi connectivity index (χ2v) is 4.21. The largest absolute Gasteiger partial charge is 0.485 e. The lowest BCUT2D eigenvalue weighted by Gasteiger charge is -2.10. The number of anilines is 1. The Bertz CT molecular complexity index is 628. The maximum atomic E-state index is 11.3. The molecule has 1 aromatic carbocycles. The molecule has 1 heterocycles. The van der Waals surface area contributed by atoms with Gasteiger partial charge >= 0.3 is 0 Å². The number of hydrogen-bond donors (Lipinski definition) is 2. The highest BCUT2D eigenvalue weighted by Gasteiger charge is 2.09. The first-order chi connectivity index (χ1) is 9.60. The van der Waals surface area contributed by atoms with E-state index in [0.29, 0.717) is 17.1 Å². The fourth-order valence-electron chi connectivity index (χ4n) is 1.76. The number of carbonyl (C=O) groups excluding carboxylic acids is 1. The number of para-hydroxylation sites is 1. The average molecular weight is 272 g/mol. The van der Waals surface area contributed by atoms with Crippen LogP contribution < -0.4 is 15.8 Å². The van der Waals surface area contributed by atoms with Gasteiger partial charge in [0.05, 0.1) is 5.56 Å². The Morgan fingerprint density at radius 2 is 2.10 bits per heavy atom. The summed E-state index contributed by atoms with van der Waals surface area (Å²) in [5, 5.41) is 2.96. The minimum absolute atomic E-state index is 0.167. The maximum absolute atomic E-state index is 11.3. The highest BCUT2D eigenvalue weighted by molar-refractivity contribution is 5.95. The van der Waals surface area contributed by atoms with Gasteiger partial charge in [-0.25, -0.2) is 9.97 Å². The molecule has 0 spiro atoms. The summed E-state index contributed by atoms with van der Waals surface area (Å²) in [4.78, 5) is 19.8. The Morgan fingerprint density at radius 3 is 2.80 bits per heavy atom. The number of aryl methyl sites for hydroxylation is 1. The minimum Gasteiger partial charge on any atom is -0.485 e. The SMILES string of the molecule is CNc1cc(C)nc(COc2ccccc2C(N)=O)n1. The number of rotatable bonds is 5. The molecule has 0 aliphatic heterocycles. The molecule has 2 rings (SSSR count). The molecule has 0 aliphatic rings. The highest BCUT2D eigenvalue weighted by Crippen LogP contribution is 2.18. The van der Waals surface area contributed by atoms with E-state index in [-0.39, 0.29) is 6.61 Å². The molecule has 0 atom stereocenters. The van der Waals surface area contributed by atoms with Crippen molar-refractivity contribution in [2.24, 2.45) is 5.73 Å². The lowest BCUT2D eigenvalue weighted by molar-refractivity contribution is 0.0995. The van der Waals surface area contributed by atoms with Crippen molar-refractivity contribution in [3.8, 4) is 5.75 Å². The number of nitrogens with one attached hydrogen (secondary N) is 1. The smallest absolute Gasteiger partial charge is 0.252 e. The number of ether oxygens (including phenoxy) is 1. The summed E-state index contributed by atoms with van der Waals surface area (Å²) in [6.45, 7) is 2.05. The molecule has 0 unspecified atom stereocenters. The summed E-state index contributed by atoms with van der Waals surface area (Å²) < 4.78 is 5.59. The van der Waals surface area contributed by atoms with Crippen LogP contribution in [0.25, 0.3) is 0 Å². The third-order valence-corrected chi connectivity index (χ3v) is 2.67. The van der Waals surface area contributed by atoms with Crippen LogP contribution in [0.4, 0.5) is 5.82 Å². The molecule has 104 valence electrons. The third-order valence-electron chi connectivity index (χ3n) is 2.67. The van der Waals surface area contributed by atoms with Crippen LogP contribution in [0.1, 0.15) is 21.9 Å². The highest BCUT2D eigenvalue weighted by atomic mass is 16.5. The van der Waals surface area contributed by atoms with Gasteiger partial charge in [-0.2, -0.15) is 0 Å². The van der Waals surface area contributed by atoms with Crippen molar-refractivity contribution in [2.45, 2.75) is 13.5 Å². The van der Waals surface area contributed by atoms with Gasteiger partial charge in [-0.05, 0) is 19.1 Å². The molecule has 0 saturated heterocycles. The molecule has 0 radical (unpaired) electrons. The maximum Gasteiger partial charge on any atom is 0.252 e. The van der Waals surface area contributed by atoms with E-state index in [1.54, 1.807) is 31.3 Å². The van der Waals surface area contributed by atoms with Crippen LogP contribution in [0.3, 0.4) is 0 Å². The summed E-state index contributed by atoms with van der Waals surface area (Å²) in [6, 6.07) is 8.65. The van der Waals surface area contributed by atoms with E-state index in [1.807, 2.05) is 13.0 Å². The van der Waals surface area contributed by atoms with Gasteiger partial charge in [-0.1, -0.05) is 12.1 Å². The summed E-state index contributed by atoms with van der Waals surface area (Å²) in [6.07, 6.45) is 0. The first-order valence-electron chi connectivity index (χ1n) is 6.14. The number of carbonyl (C=O) groups is 1. The summed E-state index contributed by atoms with van der Waals surface area (Å²) in [5.74, 6) is 1.16. The van der Waals surface area contributed by atoms with Crippen LogP contribution in [-0.2, 0) is 6.61 Å². The third kappa shape index (κ3) is 3.23. The average Bonchev–Trinajstić information content (AvgIpc) is 2.44. The van der Waals surface area contributed by atoms with Crippen molar-refractivity contribution in [1.82, 2.24) is 9.97 Å². The molecule has 3 N–H and O–H groups in total. The van der Waals surface area contributed by atoms with E-state index in [2.05, 4.69) is 15.3 Å². The Hall–Kier alpha value is -2.63. The summed E-state index contributed by atoms with van der Waals surface area (Å²) in [7, 11) is 1.79. The Morgan fingerprint density at radius 1 is 1.35 bits per heavy atom.